The zero-order chi connectivity index (χ0) is 15.6. The second-order valence-electron chi connectivity index (χ2n) is 5.61. The lowest BCUT2D eigenvalue weighted by molar-refractivity contribution is 0.201. The zero-order valence-electron chi connectivity index (χ0n) is 12.8. The third-order valence-electron chi connectivity index (χ3n) is 3.03. The van der Waals surface area contributed by atoms with Gasteiger partial charge in [-0.05, 0) is 12.8 Å². The molecule has 0 saturated heterocycles. The molecule has 7 heteroatoms. The smallest absolute Gasteiger partial charge is 0.332 e. The molecule has 0 bridgehead atoms. The molecule has 3 N–H and O–H groups in total. The Morgan fingerprint density at radius 3 is 2.30 bits per heavy atom. The standard InChI is InChI=1S/C13H24N4O3/c1-8(2)6-17-11(14)10(15(4)7-9(3)18)12(19)16(5)13(17)20/h8-9,18H,6-7,14H2,1-5H3. The molecule has 1 atom stereocenters. The number of nitrogens with two attached hydrogens (primary N) is 1. The van der Waals surface area contributed by atoms with Gasteiger partial charge in [-0.3, -0.25) is 13.9 Å². The molecule has 7 nitrogen and oxygen atoms in total. The van der Waals surface area contributed by atoms with Crippen LogP contribution in [0.5, 0.6) is 0 Å². The van der Waals surface area contributed by atoms with E-state index in [2.05, 4.69) is 0 Å². The number of nitrogens with zero attached hydrogens (tertiary/aromatic N) is 3. The molecule has 0 radical (unpaired) electrons. The highest BCUT2D eigenvalue weighted by Gasteiger charge is 2.19. The number of hydrogen-bond acceptors (Lipinski definition) is 5. The number of rotatable bonds is 5. The van der Waals surface area contributed by atoms with Crippen molar-refractivity contribution in [1.82, 2.24) is 9.13 Å². The monoisotopic (exact) mass is 284 g/mol. The van der Waals surface area contributed by atoms with E-state index in [4.69, 9.17) is 5.73 Å². The van der Waals surface area contributed by atoms with Crippen LogP contribution in [0.3, 0.4) is 0 Å². The van der Waals surface area contributed by atoms with Gasteiger partial charge >= 0.3 is 5.69 Å². The van der Waals surface area contributed by atoms with Crippen LogP contribution in [0.1, 0.15) is 20.8 Å². The first-order valence-electron chi connectivity index (χ1n) is 6.65. The quantitative estimate of drug-likeness (QED) is 0.767. The lowest BCUT2D eigenvalue weighted by Crippen LogP contribution is -2.44. The Morgan fingerprint density at radius 1 is 1.30 bits per heavy atom. The van der Waals surface area contributed by atoms with Crippen molar-refractivity contribution >= 4 is 11.5 Å². The number of nitrogen functional groups attached to an aromatic ring is 1. The van der Waals surface area contributed by atoms with Crippen molar-refractivity contribution in [2.24, 2.45) is 13.0 Å². The molecule has 1 unspecified atom stereocenters. The highest BCUT2D eigenvalue weighted by molar-refractivity contribution is 5.62. The summed E-state index contributed by atoms with van der Waals surface area (Å²) in [5.41, 5.74) is 5.38. The van der Waals surface area contributed by atoms with Crippen LogP contribution < -0.4 is 21.9 Å². The van der Waals surface area contributed by atoms with Gasteiger partial charge in [0.2, 0.25) is 0 Å². The lowest BCUT2D eigenvalue weighted by Gasteiger charge is -2.24. The van der Waals surface area contributed by atoms with Crippen molar-refractivity contribution in [3.8, 4) is 0 Å². The summed E-state index contributed by atoms with van der Waals surface area (Å²) in [5, 5.41) is 9.44. The summed E-state index contributed by atoms with van der Waals surface area (Å²) in [6.07, 6.45) is -0.602. The van der Waals surface area contributed by atoms with Gasteiger partial charge in [0.1, 0.15) is 11.5 Å². The highest BCUT2D eigenvalue weighted by Crippen LogP contribution is 2.16. The van der Waals surface area contributed by atoms with E-state index in [0.717, 1.165) is 4.57 Å². The van der Waals surface area contributed by atoms with E-state index in [-0.39, 0.29) is 24.0 Å². The van der Waals surface area contributed by atoms with Crippen LogP contribution in [0.4, 0.5) is 11.5 Å². The molecule has 114 valence electrons. The molecule has 0 aliphatic rings. The van der Waals surface area contributed by atoms with E-state index in [9.17, 15) is 14.7 Å². The van der Waals surface area contributed by atoms with E-state index in [1.807, 2.05) is 13.8 Å². The zero-order valence-corrected chi connectivity index (χ0v) is 12.8. The van der Waals surface area contributed by atoms with Crippen molar-refractivity contribution in [2.75, 3.05) is 24.2 Å². The SMILES string of the molecule is CC(C)Cn1c(N)c(N(C)CC(C)O)c(=O)n(C)c1=O. The second-order valence-corrected chi connectivity index (χ2v) is 5.61. The van der Waals surface area contributed by atoms with Gasteiger partial charge in [0.15, 0.2) is 0 Å². The Labute approximate surface area is 118 Å². The Hall–Kier alpha value is -1.76. The first kappa shape index (κ1) is 16.3. The summed E-state index contributed by atoms with van der Waals surface area (Å²) in [5.74, 6) is 0.373. The van der Waals surface area contributed by atoms with Gasteiger partial charge in [-0.2, -0.15) is 0 Å². The summed E-state index contributed by atoms with van der Waals surface area (Å²) in [4.78, 5) is 25.9. The molecule has 20 heavy (non-hydrogen) atoms. The average molecular weight is 284 g/mol. The first-order chi connectivity index (χ1) is 9.16. The van der Waals surface area contributed by atoms with E-state index in [1.165, 1.54) is 11.6 Å². The fourth-order valence-corrected chi connectivity index (χ4v) is 2.16. The molecular weight excluding hydrogens is 260 g/mol. The van der Waals surface area contributed by atoms with Gasteiger partial charge in [-0.15, -0.1) is 0 Å². The molecule has 0 aliphatic heterocycles. The summed E-state index contributed by atoms with van der Waals surface area (Å²) in [7, 11) is 3.10. The molecule has 0 aromatic carbocycles. The Morgan fingerprint density at radius 2 is 1.85 bits per heavy atom. The highest BCUT2D eigenvalue weighted by atomic mass is 16.3. The number of hydrogen-bond donors (Lipinski definition) is 2. The van der Waals surface area contributed by atoms with Gasteiger partial charge in [0.25, 0.3) is 5.56 Å². The number of anilines is 2. The Kier molecular flexibility index (Phi) is 4.99. The molecule has 0 saturated carbocycles. The molecule has 1 rings (SSSR count). The van der Waals surface area contributed by atoms with Crippen LogP contribution in [-0.4, -0.2) is 33.9 Å². The van der Waals surface area contributed by atoms with E-state index >= 15 is 0 Å². The largest absolute Gasteiger partial charge is 0.392 e. The van der Waals surface area contributed by atoms with E-state index < -0.39 is 17.4 Å². The molecular formula is C13H24N4O3. The molecule has 0 spiro atoms. The van der Waals surface area contributed by atoms with Crippen LogP contribution in [0.2, 0.25) is 0 Å². The van der Waals surface area contributed by atoms with Crippen LogP contribution in [0.25, 0.3) is 0 Å². The second kappa shape index (κ2) is 6.13. The summed E-state index contributed by atoms with van der Waals surface area (Å²) in [6, 6.07) is 0. The predicted molar refractivity (Wildman–Crippen MR) is 80.1 cm³/mol. The van der Waals surface area contributed by atoms with Crippen LogP contribution >= 0.6 is 0 Å². The Bertz CT molecular complexity index is 587. The van der Waals surface area contributed by atoms with E-state index in [1.54, 1.807) is 18.9 Å². The fraction of sp³-hybridized carbons (Fsp3) is 0.692. The minimum Gasteiger partial charge on any atom is -0.392 e. The molecule has 0 fully saturated rings. The van der Waals surface area contributed by atoms with Crippen LogP contribution in [0, 0.1) is 5.92 Å². The van der Waals surface area contributed by atoms with Crippen LogP contribution in [-0.2, 0) is 13.6 Å². The summed E-state index contributed by atoms with van der Waals surface area (Å²) >= 11 is 0. The van der Waals surface area contributed by atoms with Crippen LogP contribution in [0.15, 0.2) is 9.59 Å². The average Bonchev–Trinajstić information content (AvgIpc) is 2.31. The summed E-state index contributed by atoms with van der Waals surface area (Å²) < 4.78 is 2.45. The molecule has 0 aliphatic carbocycles. The van der Waals surface area contributed by atoms with Gasteiger partial charge in [-0.25, -0.2) is 4.79 Å². The first-order valence-corrected chi connectivity index (χ1v) is 6.65. The van der Waals surface area contributed by atoms with Crippen molar-refractivity contribution in [3.63, 3.8) is 0 Å². The normalized spacial score (nSPS) is 12.8. The maximum Gasteiger partial charge on any atom is 0.332 e. The molecule has 1 heterocycles. The predicted octanol–water partition coefficient (Wildman–Crippen LogP) is -0.398. The maximum atomic E-state index is 12.2. The van der Waals surface area contributed by atoms with Crippen molar-refractivity contribution in [2.45, 2.75) is 33.4 Å². The number of likely N-dealkylation sites (N-methyl/N-ethyl adjacent to an activating group) is 1. The van der Waals surface area contributed by atoms with E-state index in [0.29, 0.717) is 6.54 Å². The number of aliphatic hydroxyl groups excluding tert-OH is 1. The summed E-state index contributed by atoms with van der Waals surface area (Å²) in [6.45, 7) is 6.27. The number of aromatic nitrogens is 2. The van der Waals surface area contributed by atoms with Crippen molar-refractivity contribution < 1.29 is 5.11 Å². The maximum absolute atomic E-state index is 12.2. The van der Waals surface area contributed by atoms with Gasteiger partial charge in [0, 0.05) is 27.2 Å². The van der Waals surface area contributed by atoms with Crippen molar-refractivity contribution in [1.29, 1.82) is 0 Å². The third kappa shape index (κ3) is 3.22. The topological polar surface area (TPSA) is 93.5 Å². The minimum atomic E-state index is -0.602. The minimum absolute atomic E-state index is 0.148. The third-order valence-corrected chi connectivity index (χ3v) is 3.03. The molecule has 0 amide bonds. The molecule has 1 aromatic heterocycles. The Balaban J connectivity index is 3.49. The number of aliphatic hydroxyl groups is 1. The van der Waals surface area contributed by atoms with Gasteiger partial charge in [-0.1, -0.05) is 13.8 Å². The molecule has 1 aromatic rings. The van der Waals surface area contributed by atoms with Crippen molar-refractivity contribution in [3.05, 3.63) is 20.8 Å². The van der Waals surface area contributed by atoms with Gasteiger partial charge < -0.3 is 15.7 Å². The fourth-order valence-electron chi connectivity index (χ4n) is 2.16. The lowest BCUT2D eigenvalue weighted by atomic mass is 10.2. The van der Waals surface area contributed by atoms with Gasteiger partial charge in [0.05, 0.1) is 6.10 Å².